The summed E-state index contributed by atoms with van der Waals surface area (Å²) in [6, 6.07) is 0. The van der Waals surface area contributed by atoms with Crippen LogP contribution in [-0.2, 0) is 13.6 Å². The predicted octanol–water partition coefficient (Wildman–Crippen LogP) is 0.515. The molecule has 0 aromatic carbocycles. The highest BCUT2D eigenvalue weighted by molar-refractivity contribution is 7.71. The summed E-state index contributed by atoms with van der Waals surface area (Å²) in [5.74, 6) is 0. The van der Waals surface area contributed by atoms with E-state index in [1.54, 1.807) is 0 Å². The summed E-state index contributed by atoms with van der Waals surface area (Å²) in [4.78, 5) is 0. The molecule has 0 unspecified atom stereocenters. The molecule has 4 heteroatoms. The molecule has 1 aromatic rings. The Balaban J connectivity index is 2.95. The molecule has 0 aliphatic rings. The zero-order valence-electron chi connectivity index (χ0n) is 5.95. The molecule has 56 valence electrons. The Bertz CT molecular complexity index is 260. The summed E-state index contributed by atoms with van der Waals surface area (Å²) < 4.78 is 4.67. The molecule has 2 N–H and O–H groups in total. The fourth-order valence-corrected chi connectivity index (χ4v) is 1.03. The molecule has 0 spiro atoms. The van der Waals surface area contributed by atoms with Crippen LogP contribution in [0.15, 0.2) is 12.4 Å². The van der Waals surface area contributed by atoms with Gasteiger partial charge in [0.15, 0.2) is 4.77 Å². The predicted molar refractivity (Wildman–Crippen MR) is 43.3 cm³/mol. The first-order valence-electron chi connectivity index (χ1n) is 3.17. The number of imidazole rings is 1. The van der Waals surface area contributed by atoms with E-state index in [2.05, 4.69) is 0 Å². The second-order valence-corrected chi connectivity index (χ2v) is 2.54. The lowest BCUT2D eigenvalue weighted by atomic mass is 10.6. The van der Waals surface area contributed by atoms with E-state index < -0.39 is 0 Å². The van der Waals surface area contributed by atoms with E-state index in [1.165, 1.54) is 0 Å². The molecule has 0 amide bonds. The number of hydrogen-bond acceptors (Lipinski definition) is 2. The maximum Gasteiger partial charge on any atom is 0.179 e. The van der Waals surface area contributed by atoms with Crippen molar-refractivity contribution in [2.45, 2.75) is 6.54 Å². The standard InChI is InChI=1S/C6H11N3S/c1-8-4-5-9(3-2-7)6(8)10/h4-5H,2-3,7H2,1H3. The Morgan fingerprint density at radius 3 is 2.70 bits per heavy atom. The molecule has 0 radical (unpaired) electrons. The van der Waals surface area contributed by atoms with Gasteiger partial charge in [-0.2, -0.15) is 0 Å². The normalized spacial score (nSPS) is 10.2. The lowest BCUT2D eigenvalue weighted by Gasteiger charge is -1.96. The second kappa shape index (κ2) is 2.98. The lowest BCUT2D eigenvalue weighted by molar-refractivity contribution is 0.680. The number of aryl methyl sites for hydroxylation is 1. The van der Waals surface area contributed by atoms with Gasteiger partial charge in [-0.15, -0.1) is 0 Å². The molecule has 3 nitrogen and oxygen atoms in total. The van der Waals surface area contributed by atoms with Gasteiger partial charge in [0.25, 0.3) is 0 Å². The number of rotatable bonds is 2. The van der Waals surface area contributed by atoms with E-state index >= 15 is 0 Å². The van der Waals surface area contributed by atoms with Crippen molar-refractivity contribution in [2.24, 2.45) is 12.8 Å². The molecule has 0 fully saturated rings. The van der Waals surface area contributed by atoms with Gasteiger partial charge in [0.1, 0.15) is 0 Å². The van der Waals surface area contributed by atoms with Crippen LogP contribution in [0.2, 0.25) is 0 Å². The van der Waals surface area contributed by atoms with Crippen molar-refractivity contribution in [1.82, 2.24) is 9.13 Å². The lowest BCUT2D eigenvalue weighted by Crippen LogP contribution is -2.09. The van der Waals surface area contributed by atoms with Crippen LogP contribution in [0, 0.1) is 4.77 Å². The molecular weight excluding hydrogens is 146 g/mol. The molecule has 0 saturated carbocycles. The van der Waals surface area contributed by atoms with Crippen molar-refractivity contribution in [3.63, 3.8) is 0 Å². The van der Waals surface area contributed by atoms with Crippen LogP contribution in [0.4, 0.5) is 0 Å². The van der Waals surface area contributed by atoms with Crippen molar-refractivity contribution >= 4 is 12.2 Å². The first-order valence-corrected chi connectivity index (χ1v) is 3.58. The van der Waals surface area contributed by atoms with Crippen LogP contribution in [-0.4, -0.2) is 15.7 Å². The van der Waals surface area contributed by atoms with Gasteiger partial charge in [0.05, 0.1) is 0 Å². The molecule has 0 aliphatic heterocycles. The third kappa shape index (κ3) is 1.27. The minimum Gasteiger partial charge on any atom is -0.329 e. The Labute approximate surface area is 65.1 Å². The van der Waals surface area contributed by atoms with Crippen LogP contribution in [0.1, 0.15) is 0 Å². The van der Waals surface area contributed by atoms with Crippen molar-refractivity contribution < 1.29 is 0 Å². The van der Waals surface area contributed by atoms with Crippen LogP contribution >= 0.6 is 12.2 Å². The van der Waals surface area contributed by atoms with Gasteiger partial charge in [-0.05, 0) is 12.2 Å². The number of hydrogen-bond donors (Lipinski definition) is 1. The maximum absolute atomic E-state index is 5.36. The van der Waals surface area contributed by atoms with Gasteiger partial charge in [-0.1, -0.05) is 0 Å². The number of nitrogens with zero attached hydrogens (tertiary/aromatic N) is 2. The summed E-state index contributed by atoms with van der Waals surface area (Å²) in [6.07, 6.45) is 3.87. The van der Waals surface area contributed by atoms with Gasteiger partial charge in [0, 0.05) is 32.5 Å². The Kier molecular flexibility index (Phi) is 2.24. The topological polar surface area (TPSA) is 35.9 Å². The second-order valence-electron chi connectivity index (χ2n) is 2.17. The zero-order valence-corrected chi connectivity index (χ0v) is 6.77. The summed E-state index contributed by atoms with van der Waals surface area (Å²) in [6.45, 7) is 1.44. The van der Waals surface area contributed by atoms with E-state index in [0.29, 0.717) is 6.54 Å². The fraction of sp³-hybridized carbons (Fsp3) is 0.500. The highest BCUT2D eigenvalue weighted by Crippen LogP contribution is 1.92. The molecule has 0 aliphatic carbocycles. The largest absolute Gasteiger partial charge is 0.329 e. The first kappa shape index (κ1) is 7.50. The maximum atomic E-state index is 5.36. The van der Waals surface area contributed by atoms with Gasteiger partial charge in [0.2, 0.25) is 0 Å². The number of nitrogens with two attached hydrogens (primary N) is 1. The van der Waals surface area contributed by atoms with E-state index in [9.17, 15) is 0 Å². The summed E-state index contributed by atoms with van der Waals surface area (Å²) >= 11 is 5.06. The average Bonchev–Trinajstić information content (AvgIpc) is 2.20. The van der Waals surface area contributed by atoms with Crippen LogP contribution in [0.25, 0.3) is 0 Å². The highest BCUT2D eigenvalue weighted by atomic mass is 32.1. The van der Waals surface area contributed by atoms with E-state index in [-0.39, 0.29) is 0 Å². The minimum absolute atomic E-state index is 0.637. The quantitative estimate of drug-likeness (QED) is 0.635. The smallest absolute Gasteiger partial charge is 0.179 e. The van der Waals surface area contributed by atoms with Gasteiger partial charge in [-0.25, -0.2) is 0 Å². The molecular formula is C6H11N3S. The number of aromatic nitrogens is 2. The summed E-state index contributed by atoms with van der Waals surface area (Å²) in [5, 5.41) is 0. The van der Waals surface area contributed by atoms with Gasteiger partial charge >= 0.3 is 0 Å². The van der Waals surface area contributed by atoms with Gasteiger partial charge < -0.3 is 14.9 Å². The van der Waals surface area contributed by atoms with E-state index in [1.807, 2.05) is 28.6 Å². The van der Waals surface area contributed by atoms with Gasteiger partial charge in [-0.3, -0.25) is 0 Å². The summed E-state index contributed by atoms with van der Waals surface area (Å²) in [7, 11) is 1.93. The molecule has 0 saturated heterocycles. The van der Waals surface area contributed by atoms with E-state index in [0.717, 1.165) is 11.3 Å². The van der Waals surface area contributed by atoms with Crippen molar-refractivity contribution in [2.75, 3.05) is 6.54 Å². The molecule has 10 heavy (non-hydrogen) atoms. The Hall–Kier alpha value is -0.610. The third-order valence-corrected chi connectivity index (χ3v) is 1.91. The molecule has 0 bridgehead atoms. The molecule has 1 rings (SSSR count). The third-order valence-electron chi connectivity index (χ3n) is 1.39. The Morgan fingerprint density at radius 1 is 1.60 bits per heavy atom. The van der Waals surface area contributed by atoms with Crippen molar-refractivity contribution in [3.8, 4) is 0 Å². The monoisotopic (exact) mass is 157 g/mol. The molecule has 1 aromatic heterocycles. The van der Waals surface area contributed by atoms with Crippen LogP contribution in [0.3, 0.4) is 0 Å². The van der Waals surface area contributed by atoms with Crippen LogP contribution in [0.5, 0.6) is 0 Å². The zero-order chi connectivity index (χ0) is 7.56. The molecule has 0 atom stereocenters. The van der Waals surface area contributed by atoms with Crippen molar-refractivity contribution in [1.29, 1.82) is 0 Å². The minimum atomic E-state index is 0.637. The van der Waals surface area contributed by atoms with Crippen molar-refractivity contribution in [3.05, 3.63) is 17.2 Å². The van der Waals surface area contributed by atoms with E-state index in [4.69, 9.17) is 18.0 Å². The highest BCUT2D eigenvalue weighted by Gasteiger charge is 1.91. The Morgan fingerprint density at radius 2 is 2.30 bits per heavy atom. The molecule has 1 heterocycles. The average molecular weight is 157 g/mol. The fourth-order valence-electron chi connectivity index (χ4n) is 0.820. The first-order chi connectivity index (χ1) is 4.75. The van der Waals surface area contributed by atoms with Crippen LogP contribution < -0.4 is 5.73 Å². The SMILES string of the molecule is Cn1ccn(CCN)c1=S. The summed E-state index contributed by atoms with van der Waals surface area (Å²) in [5.41, 5.74) is 5.36.